The molecule has 0 heterocycles. The first-order valence-corrected chi connectivity index (χ1v) is 5.60. The van der Waals surface area contributed by atoms with Crippen LogP contribution < -0.4 is 0 Å². The summed E-state index contributed by atoms with van der Waals surface area (Å²) in [6, 6.07) is 4.51. The van der Waals surface area contributed by atoms with Gasteiger partial charge in [-0.2, -0.15) is 13.2 Å². The zero-order valence-corrected chi connectivity index (χ0v) is 10.2. The van der Waals surface area contributed by atoms with Crippen molar-refractivity contribution in [3.05, 3.63) is 59.2 Å². The number of benzene rings is 2. The molecule has 0 atom stereocenters. The lowest BCUT2D eigenvalue weighted by Crippen LogP contribution is -2.08. The number of aromatic carboxylic acids is 1. The minimum Gasteiger partial charge on any atom is -0.478 e. The zero-order valence-electron chi connectivity index (χ0n) is 10.2. The minimum absolute atomic E-state index is 0.407. The van der Waals surface area contributed by atoms with Crippen molar-refractivity contribution >= 4 is 5.97 Å². The molecule has 0 aliphatic heterocycles. The first-order valence-electron chi connectivity index (χ1n) is 5.60. The fraction of sp³-hybridized carbons (Fsp3) is 0.0714. The van der Waals surface area contributed by atoms with Crippen LogP contribution in [0.2, 0.25) is 0 Å². The van der Waals surface area contributed by atoms with Crippen LogP contribution in [0, 0.1) is 11.6 Å². The summed E-state index contributed by atoms with van der Waals surface area (Å²) in [6.07, 6.45) is -4.83. The SMILES string of the molecule is O=C(O)c1cc(-c2c(F)cccc2F)cc(C(F)(F)F)c1. The van der Waals surface area contributed by atoms with E-state index < -0.39 is 46.0 Å². The third kappa shape index (κ3) is 3.01. The van der Waals surface area contributed by atoms with Crippen molar-refractivity contribution in [1.29, 1.82) is 0 Å². The first kappa shape index (κ1) is 15.0. The van der Waals surface area contributed by atoms with Gasteiger partial charge in [-0.05, 0) is 35.9 Å². The molecule has 0 radical (unpaired) electrons. The van der Waals surface area contributed by atoms with Crippen LogP contribution in [0.25, 0.3) is 11.1 Å². The summed E-state index contributed by atoms with van der Waals surface area (Å²) in [6.45, 7) is 0. The predicted octanol–water partition coefficient (Wildman–Crippen LogP) is 4.35. The molecule has 110 valence electrons. The second-order valence-corrected chi connectivity index (χ2v) is 4.20. The molecular weight excluding hydrogens is 295 g/mol. The second kappa shape index (κ2) is 5.16. The highest BCUT2D eigenvalue weighted by Crippen LogP contribution is 2.35. The standard InChI is InChI=1S/C14H7F5O2/c15-10-2-1-3-11(16)12(10)7-4-8(13(20)21)6-9(5-7)14(17,18)19/h1-6H,(H,20,21). The molecule has 0 amide bonds. The van der Waals surface area contributed by atoms with Gasteiger partial charge in [0.25, 0.3) is 0 Å². The maximum Gasteiger partial charge on any atom is 0.416 e. The molecule has 0 aliphatic rings. The number of carboxylic acids is 1. The highest BCUT2D eigenvalue weighted by molar-refractivity contribution is 5.90. The molecule has 0 saturated heterocycles. The smallest absolute Gasteiger partial charge is 0.416 e. The zero-order chi connectivity index (χ0) is 15.8. The van der Waals surface area contributed by atoms with Gasteiger partial charge in [0.2, 0.25) is 0 Å². The third-order valence-corrected chi connectivity index (χ3v) is 2.76. The largest absolute Gasteiger partial charge is 0.478 e. The van der Waals surface area contributed by atoms with Crippen LogP contribution in [-0.2, 0) is 6.18 Å². The van der Waals surface area contributed by atoms with Crippen molar-refractivity contribution in [2.45, 2.75) is 6.18 Å². The van der Waals surface area contributed by atoms with E-state index in [9.17, 15) is 26.7 Å². The Balaban J connectivity index is 2.75. The number of carbonyl (C=O) groups is 1. The molecule has 1 N–H and O–H groups in total. The van der Waals surface area contributed by atoms with E-state index in [0.29, 0.717) is 12.1 Å². The van der Waals surface area contributed by atoms with Crippen LogP contribution in [0.1, 0.15) is 15.9 Å². The highest BCUT2D eigenvalue weighted by atomic mass is 19.4. The van der Waals surface area contributed by atoms with E-state index in [0.717, 1.165) is 24.3 Å². The Labute approximate surface area is 115 Å². The molecule has 7 heteroatoms. The summed E-state index contributed by atoms with van der Waals surface area (Å²) >= 11 is 0. The fourth-order valence-electron chi connectivity index (χ4n) is 1.83. The number of carboxylic acid groups (broad SMARTS) is 1. The molecule has 2 aromatic rings. The molecule has 2 rings (SSSR count). The maximum absolute atomic E-state index is 13.6. The van der Waals surface area contributed by atoms with Gasteiger partial charge in [0.05, 0.1) is 16.7 Å². The van der Waals surface area contributed by atoms with Gasteiger partial charge in [-0.25, -0.2) is 13.6 Å². The van der Waals surface area contributed by atoms with E-state index in [4.69, 9.17) is 5.11 Å². The summed E-state index contributed by atoms with van der Waals surface area (Å²) in [5.41, 5.74) is -3.19. The molecule has 21 heavy (non-hydrogen) atoms. The topological polar surface area (TPSA) is 37.3 Å². The fourth-order valence-corrected chi connectivity index (χ4v) is 1.83. The predicted molar refractivity (Wildman–Crippen MR) is 63.8 cm³/mol. The first-order chi connectivity index (χ1) is 9.70. The highest BCUT2D eigenvalue weighted by Gasteiger charge is 2.32. The summed E-state index contributed by atoms with van der Waals surface area (Å²) in [7, 11) is 0. The van der Waals surface area contributed by atoms with E-state index in [1.54, 1.807) is 0 Å². The van der Waals surface area contributed by atoms with E-state index >= 15 is 0 Å². The molecule has 0 fully saturated rings. The molecule has 0 saturated carbocycles. The van der Waals surface area contributed by atoms with Crippen LogP contribution >= 0.6 is 0 Å². The van der Waals surface area contributed by atoms with Crippen LogP contribution in [0.3, 0.4) is 0 Å². The van der Waals surface area contributed by atoms with E-state index in [-0.39, 0.29) is 0 Å². The average molecular weight is 302 g/mol. The maximum atomic E-state index is 13.6. The minimum atomic E-state index is -4.83. The molecule has 0 aliphatic carbocycles. The van der Waals surface area contributed by atoms with E-state index in [1.165, 1.54) is 0 Å². The number of hydrogen-bond donors (Lipinski definition) is 1. The lowest BCUT2D eigenvalue weighted by molar-refractivity contribution is -0.137. The van der Waals surface area contributed by atoms with E-state index in [2.05, 4.69) is 0 Å². The Bertz CT molecular complexity index is 687. The van der Waals surface area contributed by atoms with Gasteiger partial charge in [0.15, 0.2) is 0 Å². The average Bonchev–Trinajstić information content (AvgIpc) is 2.37. The molecule has 2 aromatic carbocycles. The van der Waals surface area contributed by atoms with Gasteiger partial charge in [-0.3, -0.25) is 0 Å². The summed E-state index contributed by atoms with van der Waals surface area (Å²) < 4.78 is 65.5. The lowest BCUT2D eigenvalue weighted by atomic mass is 9.98. The number of hydrogen-bond acceptors (Lipinski definition) is 1. The summed E-state index contributed by atoms with van der Waals surface area (Å²) in [5.74, 6) is -3.78. The van der Waals surface area contributed by atoms with Crippen LogP contribution in [0.5, 0.6) is 0 Å². The van der Waals surface area contributed by atoms with Crippen LogP contribution in [0.15, 0.2) is 36.4 Å². The van der Waals surface area contributed by atoms with Crippen LogP contribution in [0.4, 0.5) is 22.0 Å². The Hall–Kier alpha value is -2.44. The normalized spacial score (nSPS) is 11.5. The van der Waals surface area contributed by atoms with Crippen molar-refractivity contribution in [3.63, 3.8) is 0 Å². The van der Waals surface area contributed by atoms with E-state index in [1.807, 2.05) is 0 Å². The summed E-state index contributed by atoms with van der Waals surface area (Å²) in [4.78, 5) is 10.9. The van der Waals surface area contributed by atoms with Crippen molar-refractivity contribution in [2.24, 2.45) is 0 Å². The molecule has 0 spiro atoms. The second-order valence-electron chi connectivity index (χ2n) is 4.20. The van der Waals surface area contributed by atoms with Crippen LogP contribution in [-0.4, -0.2) is 11.1 Å². The molecular formula is C14H7F5O2. The quantitative estimate of drug-likeness (QED) is 0.837. The third-order valence-electron chi connectivity index (χ3n) is 2.76. The molecule has 2 nitrogen and oxygen atoms in total. The summed E-state index contributed by atoms with van der Waals surface area (Å²) in [5, 5.41) is 8.83. The Kier molecular flexibility index (Phi) is 3.67. The Morgan fingerprint density at radius 1 is 1.00 bits per heavy atom. The Morgan fingerprint density at radius 2 is 1.57 bits per heavy atom. The van der Waals surface area contributed by atoms with Gasteiger partial charge in [0, 0.05) is 0 Å². The van der Waals surface area contributed by atoms with Crippen molar-refractivity contribution < 1.29 is 31.9 Å². The van der Waals surface area contributed by atoms with Gasteiger partial charge in [-0.15, -0.1) is 0 Å². The molecule has 0 unspecified atom stereocenters. The lowest BCUT2D eigenvalue weighted by Gasteiger charge is -2.12. The van der Waals surface area contributed by atoms with Crippen molar-refractivity contribution in [3.8, 4) is 11.1 Å². The van der Waals surface area contributed by atoms with Gasteiger partial charge in [0.1, 0.15) is 11.6 Å². The van der Waals surface area contributed by atoms with Gasteiger partial charge < -0.3 is 5.11 Å². The number of rotatable bonds is 2. The van der Waals surface area contributed by atoms with Gasteiger partial charge in [-0.1, -0.05) is 6.07 Å². The van der Waals surface area contributed by atoms with Gasteiger partial charge >= 0.3 is 12.1 Å². The molecule has 0 bridgehead atoms. The van der Waals surface area contributed by atoms with Crippen molar-refractivity contribution in [2.75, 3.05) is 0 Å². The van der Waals surface area contributed by atoms with Crippen molar-refractivity contribution in [1.82, 2.24) is 0 Å². The number of halogens is 5. The Morgan fingerprint density at radius 3 is 2.05 bits per heavy atom. The molecule has 0 aromatic heterocycles. The monoisotopic (exact) mass is 302 g/mol. The number of alkyl halides is 3.